The molecule has 0 spiro atoms. The maximum absolute atomic E-state index is 15.7. The number of pyridine rings is 2. The van der Waals surface area contributed by atoms with E-state index in [-0.39, 0.29) is 30.6 Å². The monoisotopic (exact) mass is 1240 g/mol. The first kappa shape index (κ1) is 59.8. The second kappa shape index (κ2) is 25.4. The van der Waals surface area contributed by atoms with Crippen LogP contribution in [0, 0.1) is 17.6 Å². The van der Waals surface area contributed by atoms with Crippen LogP contribution in [0.5, 0.6) is 11.5 Å². The molecule has 12 aromatic rings. The van der Waals surface area contributed by atoms with Gasteiger partial charge in [-0.2, -0.15) is 9.89 Å². The summed E-state index contributed by atoms with van der Waals surface area (Å²) in [5.74, 6) is -2.56. The molecule has 468 valence electrons. The Morgan fingerprint density at radius 1 is 0.630 bits per heavy atom. The molecule has 1 saturated carbocycles. The second-order valence-corrected chi connectivity index (χ2v) is 24.8. The van der Waals surface area contributed by atoms with Crippen molar-refractivity contribution >= 4 is 55.2 Å². The Morgan fingerprint density at radius 2 is 1.28 bits per heavy atom. The molecule has 1 amide bonds. The molecule has 15 nitrogen and oxygen atoms in total. The van der Waals surface area contributed by atoms with Crippen LogP contribution in [0.4, 0.5) is 23.2 Å². The zero-order valence-corrected chi connectivity index (χ0v) is 51.5. The number of nitrogens with zero attached hydrogens (tertiary/aromatic N) is 8. The third kappa shape index (κ3) is 12.8. The van der Waals surface area contributed by atoms with Crippen molar-refractivity contribution in [2.45, 2.75) is 63.8 Å². The Labute approximate surface area is 529 Å². The first-order valence-electron chi connectivity index (χ1n) is 31.5. The van der Waals surface area contributed by atoms with Crippen LogP contribution in [0.1, 0.15) is 56.9 Å². The van der Waals surface area contributed by atoms with E-state index >= 15 is 8.78 Å². The van der Waals surface area contributed by atoms with Crippen molar-refractivity contribution in [1.82, 2.24) is 49.8 Å². The number of carbonyl (C=O) groups excluding carboxylic acids is 1. The molecule has 6 aromatic heterocycles. The fourth-order valence-electron chi connectivity index (χ4n) is 13.1. The molecule has 7 heterocycles. The summed E-state index contributed by atoms with van der Waals surface area (Å²) in [6.45, 7) is 2.55. The van der Waals surface area contributed by atoms with Crippen LogP contribution in [-0.2, 0) is 11.3 Å². The normalized spacial score (nSPS) is 14.6. The van der Waals surface area contributed by atoms with E-state index in [1.54, 1.807) is 29.7 Å². The number of likely N-dealkylation sites (N-methyl/N-ethyl adjacent to an activating group) is 1. The number of rotatable bonds is 21. The fraction of sp³-hybridized carbons (Fsp3) is 0.274. The van der Waals surface area contributed by atoms with E-state index in [2.05, 4.69) is 65.7 Å². The van der Waals surface area contributed by atoms with Crippen LogP contribution in [0.25, 0.3) is 111 Å². The van der Waals surface area contributed by atoms with Crippen molar-refractivity contribution in [3.05, 3.63) is 175 Å². The van der Waals surface area contributed by atoms with Gasteiger partial charge in [-0.3, -0.25) is 29.8 Å². The maximum Gasteiger partial charge on any atom is 0.261 e. The number of halogens is 4. The molecule has 0 unspecified atom stereocenters. The number of aromatic amines is 3. The van der Waals surface area contributed by atoms with Crippen molar-refractivity contribution in [3.63, 3.8) is 0 Å². The number of alkyl halides is 2. The van der Waals surface area contributed by atoms with Gasteiger partial charge in [0.2, 0.25) is 5.91 Å². The summed E-state index contributed by atoms with van der Waals surface area (Å²) in [6.07, 6.45) is 13.4. The number of nitrogens with one attached hydrogen (secondary N) is 4. The van der Waals surface area contributed by atoms with E-state index in [9.17, 15) is 13.6 Å². The van der Waals surface area contributed by atoms with E-state index < -0.39 is 11.7 Å². The van der Waals surface area contributed by atoms with Crippen molar-refractivity contribution in [1.29, 1.82) is 0 Å². The fourth-order valence-corrected chi connectivity index (χ4v) is 13.1. The summed E-state index contributed by atoms with van der Waals surface area (Å²) in [6, 6.07) is 41.8. The van der Waals surface area contributed by atoms with E-state index in [1.807, 2.05) is 110 Å². The Hall–Kier alpha value is -9.85. The average molecular weight is 1240 g/mol. The molecule has 1 saturated heterocycles. The molecule has 14 rings (SSSR count). The summed E-state index contributed by atoms with van der Waals surface area (Å²) in [7, 11) is 5.93. The zero-order valence-electron chi connectivity index (χ0n) is 51.5. The summed E-state index contributed by atoms with van der Waals surface area (Å²) in [5, 5.41) is 22.0. The van der Waals surface area contributed by atoms with Gasteiger partial charge in [0.15, 0.2) is 0 Å². The third-order valence-corrected chi connectivity index (χ3v) is 17.8. The van der Waals surface area contributed by atoms with Gasteiger partial charge in [0.1, 0.15) is 41.1 Å². The average Bonchev–Trinajstić information content (AvgIpc) is 1.74. The number of amides is 1. The van der Waals surface area contributed by atoms with E-state index in [0.29, 0.717) is 85.5 Å². The highest BCUT2D eigenvalue weighted by molar-refractivity contribution is 6.04. The van der Waals surface area contributed by atoms with Gasteiger partial charge in [0, 0.05) is 120 Å². The quantitative estimate of drug-likeness (QED) is 0.0403. The molecule has 1 aliphatic carbocycles. The summed E-state index contributed by atoms with van der Waals surface area (Å²) >= 11 is 0. The number of aromatic nitrogens is 8. The van der Waals surface area contributed by atoms with Crippen molar-refractivity contribution in [2.24, 2.45) is 5.92 Å². The van der Waals surface area contributed by atoms with Crippen molar-refractivity contribution in [2.75, 3.05) is 70.9 Å². The van der Waals surface area contributed by atoms with Crippen LogP contribution in [0.2, 0.25) is 0 Å². The largest absolute Gasteiger partial charge is 0.493 e. The molecular formula is C73H70F4N12O3. The highest BCUT2D eigenvalue weighted by Crippen LogP contribution is 2.40. The summed E-state index contributed by atoms with van der Waals surface area (Å²) in [4.78, 5) is 35.3. The van der Waals surface area contributed by atoms with Crippen LogP contribution < -0.4 is 19.8 Å². The molecule has 19 heteroatoms. The Balaban J connectivity index is 0.690. The minimum atomic E-state index is -2.67. The molecule has 6 aromatic carbocycles. The molecule has 2 aliphatic rings. The number of unbranched alkanes of at least 4 members (excludes halogenated alkanes) is 1. The van der Waals surface area contributed by atoms with Gasteiger partial charge in [-0.25, -0.2) is 17.6 Å². The number of carbonyl (C=O) groups is 1. The van der Waals surface area contributed by atoms with Crippen LogP contribution in [0.15, 0.2) is 158 Å². The molecular weight excluding hydrogens is 1170 g/mol. The molecule has 0 radical (unpaired) electrons. The van der Waals surface area contributed by atoms with Gasteiger partial charge in [0.25, 0.3) is 5.92 Å². The van der Waals surface area contributed by atoms with Gasteiger partial charge in [-0.05, 0) is 164 Å². The first-order chi connectivity index (χ1) is 44.7. The highest BCUT2D eigenvalue weighted by atomic mass is 19.3. The predicted molar refractivity (Wildman–Crippen MR) is 355 cm³/mol. The Kier molecular flexibility index (Phi) is 16.5. The molecule has 1 aliphatic heterocycles. The number of ether oxygens (including phenoxy) is 2. The maximum atomic E-state index is 15.7. The zero-order chi connectivity index (χ0) is 63.0. The topological polar surface area (TPSA) is 161 Å². The number of anilines is 1. The van der Waals surface area contributed by atoms with E-state index in [4.69, 9.17) is 19.7 Å². The number of fused-ring (bicyclic) bond motifs is 4. The summed E-state index contributed by atoms with van der Waals surface area (Å²) < 4.78 is 71.2. The van der Waals surface area contributed by atoms with Crippen LogP contribution in [0.3, 0.4) is 0 Å². The highest BCUT2D eigenvalue weighted by Gasteiger charge is 2.38. The third-order valence-electron chi connectivity index (χ3n) is 17.8. The smallest absolute Gasteiger partial charge is 0.261 e. The molecule has 4 N–H and O–H groups in total. The number of benzene rings is 6. The minimum absolute atomic E-state index is 0.000159. The van der Waals surface area contributed by atoms with Gasteiger partial charge in [-0.1, -0.05) is 55.7 Å². The van der Waals surface area contributed by atoms with E-state index in [0.717, 1.165) is 132 Å². The van der Waals surface area contributed by atoms with Crippen molar-refractivity contribution < 1.29 is 31.8 Å². The number of hydrogen-bond donors (Lipinski definition) is 4. The number of H-pyrrole nitrogens is 3. The lowest BCUT2D eigenvalue weighted by atomic mass is 9.88. The first-order valence-corrected chi connectivity index (χ1v) is 31.5. The number of likely N-dealkylation sites (tertiary alicyclic amines) is 1. The molecule has 0 bridgehead atoms. The second-order valence-electron chi connectivity index (χ2n) is 24.8. The standard InChI is InChI=1S/C73H70F4N12O3/c1-86(2)24-26-92-57-32-50(29-54(75)36-57)59-14-10-16-65-61(59)38-68(82-65)71-63-34-48(52-30-55(42-79-41-52)80-72(90)46-11-5-4-6-12-46)18-20-69(63)89(85-71)87(3)22-7-8-25-91-56-31-49(28-53(74)35-56)58-13-9-15-64-60(58)37-67(81-64)70-62-33-47(17-19-66(62)83-84-70)51-27-45(39-78-40-51)43-88-23-21-73(76,77)44-88/h9-10,13-20,27-42,46,81-82H,4-8,11-12,21-26,43-44H2,1-3H3,(H,80,90)(H,83,84). The Morgan fingerprint density at radius 3 is 1.97 bits per heavy atom. The predicted octanol–water partition coefficient (Wildman–Crippen LogP) is 15.7. The molecule has 0 atom stereocenters. The van der Waals surface area contributed by atoms with Crippen molar-refractivity contribution in [3.8, 4) is 78.8 Å². The lowest BCUT2D eigenvalue weighted by molar-refractivity contribution is -0.120. The van der Waals surface area contributed by atoms with Crippen LogP contribution in [-0.4, -0.2) is 122 Å². The van der Waals surface area contributed by atoms with Crippen LogP contribution >= 0.6 is 0 Å². The Bertz CT molecular complexity index is 4700. The number of hydrogen-bond acceptors (Lipinski definition) is 10. The van der Waals surface area contributed by atoms with Gasteiger partial charge >= 0.3 is 0 Å². The summed E-state index contributed by atoms with van der Waals surface area (Å²) in [5.41, 5.74) is 14.5. The van der Waals surface area contributed by atoms with Gasteiger partial charge < -0.3 is 29.7 Å². The van der Waals surface area contributed by atoms with E-state index in [1.165, 1.54) is 24.3 Å². The van der Waals surface area contributed by atoms with Gasteiger partial charge in [0.05, 0.1) is 47.5 Å². The molecule has 92 heavy (non-hydrogen) atoms. The van der Waals surface area contributed by atoms with Gasteiger partial charge in [-0.15, -0.1) is 5.10 Å². The molecule has 2 fully saturated rings. The minimum Gasteiger partial charge on any atom is -0.493 e. The SMILES string of the molecule is CN(C)CCOc1cc(F)cc(-c2cccc3[nH]c(-c4nn(N(C)CCCCOc5cc(F)cc(-c6cccc7[nH]c(-c8n[nH]c9ccc(-c%10cncc(CN%11CCC(F)(F)C%11)c%10)cc89)cc67)c5)c5ccc(-c6cncc(NC(=O)C7CCCCC7)c6)cc45)cc23)c1. The lowest BCUT2D eigenvalue weighted by Crippen LogP contribution is -2.32. The lowest BCUT2D eigenvalue weighted by Gasteiger charge is -2.20.